The fraction of sp³-hybridized carbons (Fsp3) is 0.833. The Bertz CT molecular complexity index is 329. The Morgan fingerprint density at radius 2 is 2.07 bits per heavy atom. The molecule has 0 spiro atoms. The molecule has 0 saturated carbocycles. The van der Waals surface area contributed by atoms with Crippen LogP contribution < -0.4 is 5.73 Å². The largest absolute Gasteiger partial charge is 0.394 e. The smallest absolute Gasteiger partial charge is 0.171 e. The number of aromatic nitrogens is 4. The molecule has 0 unspecified atom stereocenters. The van der Waals surface area contributed by atoms with Crippen LogP contribution in [-0.2, 0) is 0 Å². The van der Waals surface area contributed by atoms with E-state index in [9.17, 15) is 10.2 Å². The van der Waals surface area contributed by atoms with Gasteiger partial charge in [-0.05, 0) is 10.4 Å². The number of nitrogens with zero attached hydrogens (tertiary/aromatic N) is 4. The van der Waals surface area contributed by atoms with Crippen molar-refractivity contribution < 1.29 is 15.3 Å². The van der Waals surface area contributed by atoms with Crippen molar-refractivity contribution in [2.75, 3.05) is 6.61 Å². The summed E-state index contributed by atoms with van der Waals surface area (Å²) < 4.78 is 1.24. The molecule has 0 fully saturated rings. The minimum Gasteiger partial charge on any atom is -0.394 e. The molecule has 1 aromatic rings. The van der Waals surface area contributed by atoms with Crippen LogP contribution in [0.5, 0.6) is 0 Å². The van der Waals surface area contributed by atoms with E-state index in [4.69, 9.17) is 10.8 Å². The number of aliphatic hydroxyl groups is 3. The van der Waals surface area contributed by atoms with Crippen molar-refractivity contribution >= 4 is 0 Å². The lowest BCUT2D eigenvalue weighted by Crippen LogP contribution is -2.49. The quantitative estimate of drug-likeness (QED) is 0.379. The summed E-state index contributed by atoms with van der Waals surface area (Å²) in [6, 6.07) is -1.57. The van der Waals surface area contributed by atoms with Crippen molar-refractivity contribution in [1.29, 1.82) is 0 Å². The third-order valence-electron chi connectivity index (χ3n) is 2.43. The lowest BCUT2D eigenvalue weighted by Gasteiger charge is -2.33. The monoisotopic (exact) mass is 201 g/mol. The summed E-state index contributed by atoms with van der Waals surface area (Å²) in [5.74, 6) is 0.266. The third kappa shape index (κ3) is 1.12. The fourth-order valence-electron chi connectivity index (χ4n) is 1.58. The van der Waals surface area contributed by atoms with E-state index in [0.29, 0.717) is 0 Å². The van der Waals surface area contributed by atoms with Crippen LogP contribution in [0, 0.1) is 0 Å². The van der Waals surface area contributed by atoms with Crippen LogP contribution in [0.2, 0.25) is 0 Å². The molecule has 2 rings (SSSR count). The Kier molecular flexibility index (Phi) is 2.19. The molecule has 5 N–H and O–H groups in total. The Morgan fingerprint density at radius 3 is 2.71 bits per heavy atom. The van der Waals surface area contributed by atoms with Gasteiger partial charge in [0.1, 0.15) is 18.2 Å². The summed E-state index contributed by atoms with van der Waals surface area (Å²) in [6.45, 7) is -0.358. The summed E-state index contributed by atoms with van der Waals surface area (Å²) >= 11 is 0. The van der Waals surface area contributed by atoms with E-state index in [1.807, 2.05) is 0 Å². The Hall–Kier alpha value is -1.09. The third-order valence-corrected chi connectivity index (χ3v) is 2.43. The molecule has 1 aliphatic rings. The maximum atomic E-state index is 9.57. The van der Waals surface area contributed by atoms with E-state index in [0.717, 1.165) is 0 Å². The molecule has 14 heavy (non-hydrogen) atoms. The van der Waals surface area contributed by atoms with Gasteiger partial charge in [-0.2, -0.15) is 0 Å². The van der Waals surface area contributed by atoms with Gasteiger partial charge in [0.2, 0.25) is 0 Å². The first-order valence-corrected chi connectivity index (χ1v) is 4.17. The van der Waals surface area contributed by atoms with E-state index >= 15 is 0 Å². The minimum absolute atomic E-state index is 0.266. The normalized spacial score (nSPS) is 36.9. The Morgan fingerprint density at radius 1 is 1.36 bits per heavy atom. The van der Waals surface area contributed by atoms with E-state index in [-0.39, 0.29) is 12.4 Å². The van der Waals surface area contributed by atoms with Gasteiger partial charge in [0.15, 0.2) is 5.82 Å². The molecular formula is C6H11N5O3. The highest BCUT2D eigenvalue weighted by Gasteiger charge is 2.41. The van der Waals surface area contributed by atoms with Gasteiger partial charge in [0.05, 0.1) is 12.6 Å². The fourth-order valence-corrected chi connectivity index (χ4v) is 1.58. The SMILES string of the molecule is N[C@H]1c2nnnn2[C@H](CO)[C@@H](O)[C@@H]1O. The molecule has 8 nitrogen and oxygen atoms in total. The average molecular weight is 201 g/mol. The van der Waals surface area contributed by atoms with Crippen molar-refractivity contribution in [2.24, 2.45) is 5.73 Å². The number of aliphatic hydroxyl groups excluding tert-OH is 3. The van der Waals surface area contributed by atoms with Crippen LogP contribution >= 0.6 is 0 Å². The van der Waals surface area contributed by atoms with Crippen molar-refractivity contribution in [2.45, 2.75) is 24.3 Å². The maximum absolute atomic E-state index is 9.57. The molecular weight excluding hydrogens is 190 g/mol. The summed E-state index contributed by atoms with van der Waals surface area (Å²) in [6.07, 6.45) is -2.32. The predicted molar refractivity (Wildman–Crippen MR) is 42.9 cm³/mol. The zero-order valence-electron chi connectivity index (χ0n) is 7.22. The molecule has 0 aromatic carbocycles. The van der Waals surface area contributed by atoms with Gasteiger partial charge in [0, 0.05) is 0 Å². The highest BCUT2D eigenvalue weighted by Crippen LogP contribution is 2.27. The average Bonchev–Trinajstić information content (AvgIpc) is 2.64. The number of hydrogen-bond acceptors (Lipinski definition) is 7. The summed E-state index contributed by atoms with van der Waals surface area (Å²) in [5, 5.41) is 38.7. The lowest BCUT2D eigenvalue weighted by molar-refractivity contribution is -0.0606. The molecule has 1 aliphatic heterocycles. The zero-order valence-corrected chi connectivity index (χ0v) is 7.22. The molecule has 0 saturated heterocycles. The molecule has 0 radical (unpaired) electrons. The van der Waals surface area contributed by atoms with Gasteiger partial charge in [0.25, 0.3) is 0 Å². The number of nitrogens with two attached hydrogens (primary N) is 1. The van der Waals surface area contributed by atoms with Gasteiger partial charge >= 0.3 is 0 Å². The second-order valence-electron chi connectivity index (χ2n) is 3.24. The van der Waals surface area contributed by atoms with Crippen LogP contribution in [-0.4, -0.2) is 54.3 Å². The Balaban J connectivity index is 2.44. The van der Waals surface area contributed by atoms with Gasteiger partial charge in [-0.25, -0.2) is 4.68 Å². The summed E-state index contributed by atoms with van der Waals surface area (Å²) in [5.41, 5.74) is 5.59. The van der Waals surface area contributed by atoms with Crippen LogP contribution in [0.3, 0.4) is 0 Å². The standard InChI is InChI=1S/C6H11N5O3/c7-3-5(14)4(13)2(1-12)11-6(3)8-9-10-11/h2-5,12-14H,1,7H2/t2-,3-,4-,5-/m1/s1. The van der Waals surface area contributed by atoms with Crippen molar-refractivity contribution in [3.63, 3.8) is 0 Å². The molecule has 1 aromatic heterocycles. The van der Waals surface area contributed by atoms with Gasteiger partial charge < -0.3 is 21.1 Å². The number of hydrogen-bond donors (Lipinski definition) is 4. The van der Waals surface area contributed by atoms with Crippen LogP contribution in [0.1, 0.15) is 17.9 Å². The Labute approximate surface area is 79.0 Å². The van der Waals surface area contributed by atoms with Crippen molar-refractivity contribution in [3.05, 3.63) is 5.82 Å². The van der Waals surface area contributed by atoms with Gasteiger partial charge in [-0.3, -0.25) is 0 Å². The first kappa shape index (κ1) is 9.46. The molecule has 0 aliphatic carbocycles. The number of rotatable bonds is 1. The van der Waals surface area contributed by atoms with Crippen molar-refractivity contribution in [3.8, 4) is 0 Å². The highest BCUT2D eigenvalue weighted by molar-refractivity contribution is 5.05. The lowest BCUT2D eigenvalue weighted by atomic mass is 9.95. The van der Waals surface area contributed by atoms with Crippen LogP contribution in [0.15, 0.2) is 0 Å². The maximum Gasteiger partial charge on any atom is 0.171 e. The molecule has 0 amide bonds. The van der Waals surface area contributed by atoms with E-state index in [1.54, 1.807) is 0 Å². The molecule has 4 atom stereocenters. The number of tetrazole rings is 1. The number of fused-ring (bicyclic) bond motifs is 1. The van der Waals surface area contributed by atoms with Crippen LogP contribution in [0.4, 0.5) is 0 Å². The van der Waals surface area contributed by atoms with Gasteiger partial charge in [-0.15, -0.1) is 5.10 Å². The first-order valence-electron chi connectivity index (χ1n) is 4.17. The van der Waals surface area contributed by atoms with Crippen molar-refractivity contribution in [1.82, 2.24) is 20.2 Å². The highest BCUT2D eigenvalue weighted by atomic mass is 16.3. The van der Waals surface area contributed by atoms with E-state index in [2.05, 4.69) is 15.5 Å². The zero-order chi connectivity index (χ0) is 10.3. The second kappa shape index (κ2) is 3.24. The molecule has 2 heterocycles. The molecule has 0 bridgehead atoms. The first-order chi connectivity index (χ1) is 6.66. The molecule has 8 heteroatoms. The summed E-state index contributed by atoms with van der Waals surface area (Å²) in [7, 11) is 0. The second-order valence-corrected chi connectivity index (χ2v) is 3.24. The molecule has 78 valence electrons. The minimum atomic E-state index is -1.16. The topological polar surface area (TPSA) is 130 Å². The van der Waals surface area contributed by atoms with E-state index < -0.39 is 24.3 Å². The summed E-state index contributed by atoms with van der Waals surface area (Å²) in [4.78, 5) is 0. The van der Waals surface area contributed by atoms with Crippen LogP contribution in [0.25, 0.3) is 0 Å². The predicted octanol–water partition coefficient (Wildman–Crippen LogP) is -3.06. The van der Waals surface area contributed by atoms with E-state index in [1.165, 1.54) is 4.68 Å². The van der Waals surface area contributed by atoms with Gasteiger partial charge in [-0.1, -0.05) is 0 Å².